The lowest BCUT2D eigenvalue weighted by molar-refractivity contribution is -0.119. The van der Waals surface area contributed by atoms with Gasteiger partial charge in [0.2, 0.25) is 0 Å². The first-order valence-electron chi connectivity index (χ1n) is 11.3. The van der Waals surface area contributed by atoms with Gasteiger partial charge in [0.25, 0.3) is 11.8 Å². The number of carbonyl (C=O) groups is 2. The molecule has 0 bridgehead atoms. The number of rotatable bonds is 10. The third kappa shape index (κ3) is 7.16. The van der Waals surface area contributed by atoms with Crippen LogP contribution < -0.4 is 27.0 Å². The van der Waals surface area contributed by atoms with Crippen molar-refractivity contribution in [2.24, 2.45) is 22.2 Å². The van der Waals surface area contributed by atoms with E-state index in [1.807, 2.05) is 18.2 Å². The Hall–Kier alpha value is -2.69. The lowest BCUT2D eigenvalue weighted by atomic mass is 10.0. The van der Waals surface area contributed by atoms with Crippen LogP contribution in [0.5, 0.6) is 0 Å². The second-order valence-electron chi connectivity index (χ2n) is 8.21. The van der Waals surface area contributed by atoms with Gasteiger partial charge in [-0.1, -0.05) is 56.1 Å². The second-order valence-corrected chi connectivity index (χ2v) is 10.1. The number of guanidine groups is 1. The zero-order chi connectivity index (χ0) is 25.4. The van der Waals surface area contributed by atoms with Gasteiger partial charge >= 0.3 is 0 Å². The fourth-order valence-electron chi connectivity index (χ4n) is 3.83. The largest absolute Gasteiger partial charge is 0.370 e. The van der Waals surface area contributed by atoms with Crippen molar-refractivity contribution in [3.8, 4) is 0 Å². The Morgan fingerprint density at radius 2 is 1.89 bits per heavy atom. The van der Waals surface area contributed by atoms with E-state index in [0.29, 0.717) is 37.1 Å². The van der Waals surface area contributed by atoms with Crippen LogP contribution in [-0.2, 0) is 11.2 Å². The summed E-state index contributed by atoms with van der Waals surface area (Å²) in [6.45, 7) is 1.14. The summed E-state index contributed by atoms with van der Waals surface area (Å²) >= 11 is 7.16. The van der Waals surface area contributed by atoms with Crippen molar-refractivity contribution in [3.05, 3.63) is 71.9 Å². The number of nitrogens with zero attached hydrogens (tertiary/aromatic N) is 3. The second kappa shape index (κ2) is 12.9. The molecule has 0 fully saturated rings. The molecule has 10 heteroatoms. The molecule has 2 aromatic rings. The van der Waals surface area contributed by atoms with Gasteiger partial charge in [-0.15, -0.1) is 0 Å². The predicted molar refractivity (Wildman–Crippen MR) is 149 cm³/mol. The number of aliphatic imine (C=N–C) groups is 1. The highest BCUT2D eigenvalue weighted by molar-refractivity contribution is 9.12. The van der Waals surface area contributed by atoms with Crippen LogP contribution >= 0.6 is 31.9 Å². The molecule has 6 N–H and O–H groups in total. The third-order valence-corrected chi connectivity index (χ3v) is 7.81. The minimum atomic E-state index is -0.877. The number of hydrogen-bond acceptors (Lipinski definition) is 5. The Labute approximate surface area is 222 Å². The number of allylic oxidation sites excluding steroid dienone is 1. The molecule has 0 saturated heterocycles. The van der Waals surface area contributed by atoms with Gasteiger partial charge in [0.1, 0.15) is 0 Å². The maximum Gasteiger partial charge on any atom is 0.265 e. The summed E-state index contributed by atoms with van der Waals surface area (Å²) in [4.78, 5) is 34.5. The van der Waals surface area contributed by atoms with Crippen LogP contribution in [0.4, 0.5) is 11.4 Å². The number of carbonyl (C=O) groups excluding carboxylic acids is 2. The summed E-state index contributed by atoms with van der Waals surface area (Å²) in [6.07, 6.45) is 5.69. The molecular weight excluding hydrogens is 576 g/mol. The number of anilines is 2. The Morgan fingerprint density at radius 3 is 2.57 bits per heavy atom. The molecule has 2 aromatic carbocycles. The molecule has 0 aromatic heterocycles. The molecule has 1 aliphatic rings. The Balaban J connectivity index is 1.90. The van der Waals surface area contributed by atoms with E-state index in [1.54, 1.807) is 30.3 Å². The minimum Gasteiger partial charge on any atom is -0.370 e. The molecule has 0 saturated carbocycles. The highest BCUT2D eigenvalue weighted by atomic mass is 79.9. The first kappa shape index (κ1) is 26.9. The summed E-state index contributed by atoms with van der Waals surface area (Å²) in [5.41, 5.74) is 19.9. The van der Waals surface area contributed by atoms with Gasteiger partial charge in [0, 0.05) is 40.7 Å². The fraction of sp³-hybridized carbons (Fsp3) is 0.320. The maximum absolute atomic E-state index is 13.5. The van der Waals surface area contributed by atoms with Gasteiger partial charge in [-0.05, 0) is 55.2 Å². The molecule has 8 nitrogen and oxygen atoms in total. The number of hydrogen-bond donors (Lipinski definition) is 3. The standard InChI is InChI=1S/C25H30Br2N6O2/c26-15-19(27)16-32-13-5-8-18-14-20(10-11-22(18)32)33(23(34)17-6-2-1-3-7-17)24(35)21(28)9-4-12-31-25(29)30/h1-3,5-7,10-11,13-14,19,21H,4,8-9,12,15-16,28H2,(H4,29,30,31). The highest BCUT2D eigenvalue weighted by Gasteiger charge is 2.30. The molecule has 2 amide bonds. The van der Waals surface area contributed by atoms with E-state index < -0.39 is 17.9 Å². The van der Waals surface area contributed by atoms with Gasteiger partial charge in [0.05, 0.1) is 11.7 Å². The Kier molecular flexibility index (Phi) is 9.88. The lowest BCUT2D eigenvalue weighted by Gasteiger charge is -2.30. The predicted octanol–water partition coefficient (Wildman–Crippen LogP) is 3.28. The van der Waals surface area contributed by atoms with Crippen LogP contribution in [0.2, 0.25) is 0 Å². The average molecular weight is 606 g/mol. The van der Waals surface area contributed by atoms with E-state index >= 15 is 0 Å². The average Bonchev–Trinajstić information content (AvgIpc) is 2.86. The van der Waals surface area contributed by atoms with E-state index in [1.165, 1.54) is 4.90 Å². The van der Waals surface area contributed by atoms with Gasteiger partial charge in [-0.25, -0.2) is 4.90 Å². The summed E-state index contributed by atoms with van der Waals surface area (Å²) < 4.78 is 0. The molecule has 0 spiro atoms. The summed E-state index contributed by atoms with van der Waals surface area (Å²) in [7, 11) is 0. The van der Waals surface area contributed by atoms with Crippen molar-refractivity contribution >= 4 is 61.0 Å². The quantitative estimate of drug-likeness (QED) is 0.165. The molecule has 1 heterocycles. The zero-order valence-electron chi connectivity index (χ0n) is 19.3. The van der Waals surface area contributed by atoms with Gasteiger partial charge < -0.3 is 22.1 Å². The highest BCUT2D eigenvalue weighted by Crippen LogP contribution is 2.32. The lowest BCUT2D eigenvalue weighted by Crippen LogP contribution is -2.47. The van der Waals surface area contributed by atoms with Gasteiger partial charge in [-0.2, -0.15) is 0 Å². The SMILES string of the molecule is NC(N)=NCCCC(N)C(=O)N(C(=O)c1ccccc1)c1ccc2c(c1)CC=CN2CC(Br)CBr. The molecular formula is C25H30Br2N6O2. The normalized spacial score (nSPS) is 14.1. The molecule has 3 rings (SSSR count). The van der Waals surface area contributed by atoms with Gasteiger partial charge in [-0.3, -0.25) is 14.6 Å². The first-order valence-corrected chi connectivity index (χ1v) is 13.4. The van der Waals surface area contributed by atoms with E-state index in [0.717, 1.165) is 23.1 Å². The zero-order valence-corrected chi connectivity index (χ0v) is 22.5. The smallest absolute Gasteiger partial charge is 0.265 e. The minimum absolute atomic E-state index is 0.00898. The van der Waals surface area contributed by atoms with Crippen molar-refractivity contribution in [3.63, 3.8) is 0 Å². The Morgan fingerprint density at radius 1 is 1.14 bits per heavy atom. The topological polar surface area (TPSA) is 131 Å². The van der Waals surface area contributed by atoms with E-state index in [9.17, 15) is 9.59 Å². The molecule has 2 unspecified atom stereocenters. The van der Waals surface area contributed by atoms with E-state index in [4.69, 9.17) is 17.2 Å². The van der Waals surface area contributed by atoms with Crippen LogP contribution in [0, 0.1) is 0 Å². The molecule has 35 heavy (non-hydrogen) atoms. The van der Waals surface area contributed by atoms with E-state index in [2.05, 4.69) is 54.0 Å². The molecule has 186 valence electrons. The molecule has 0 aliphatic carbocycles. The monoisotopic (exact) mass is 604 g/mol. The summed E-state index contributed by atoms with van der Waals surface area (Å²) in [6, 6.07) is 13.5. The maximum atomic E-state index is 13.5. The number of imide groups is 1. The number of benzene rings is 2. The molecule has 1 aliphatic heterocycles. The summed E-state index contributed by atoms with van der Waals surface area (Å²) in [5.74, 6) is -0.893. The van der Waals surface area contributed by atoms with Crippen molar-refractivity contribution in [2.45, 2.75) is 30.1 Å². The van der Waals surface area contributed by atoms with Crippen LogP contribution in [0.3, 0.4) is 0 Å². The fourth-order valence-corrected chi connectivity index (χ4v) is 4.34. The van der Waals surface area contributed by atoms with Crippen LogP contribution in [0.15, 0.2) is 65.8 Å². The van der Waals surface area contributed by atoms with Crippen LogP contribution in [0.25, 0.3) is 0 Å². The van der Waals surface area contributed by atoms with Crippen LogP contribution in [0.1, 0.15) is 28.8 Å². The van der Waals surface area contributed by atoms with Crippen molar-refractivity contribution in [2.75, 3.05) is 28.2 Å². The summed E-state index contributed by atoms with van der Waals surface area (Å²) in [5, 5.41) is 0.819. The molecule has 2 atom stereocenters. The Bertz CT molecular complexity index is 1090. The molecule has 0 radical (unpaired) electrons. The third-order valence-electron chi connectivity index (χ3n) is 5.55. The van der Waals surface area contributed by atoms with Crippen LogP contribution in [-0.4, -0.2) is 47.1 Å². The van der Waals surface area contributed by atoms with Crippen molar-refractivity contribution in [1.29, 1.82) is 0 Å². The number of fused-ring (bicyclic) bond motifs is 1. The first-order chi connectivity index (χ1) is 16.8. The number of alkyl halides is 2. The van der Waals surface area contributed by atoms with Crippen molar-refractivity contribution < 1.29 is 9.59 Å². The number of nitrogens with two attached hydrogens (primary N) is 3. The van der Waals surface area contributed by atoms with Gasteiger partial charge in [0.15, 0.2) is 5.96 Å². The van der Waals surface area contributed by atoms with E-state index in [-0.39, 0.29) is 10.8 Å². The number of amides is 2. The number of halogens is 2. The van der Waals surface area contributed by atoms with Crippen molar-refractivity contribution in [1.82, 2.24) is 0 Å².